The van der Waals surface area contributed by atoms with E-state index in [1.807, 2.05) is 30.3 Å². The van der Waals surface area contributed by atoms with Crippen LogP contribution in [0.2, 0.25) is 0 Å². The number of hydrogen-bond acceptors (Lipinski definition) is 4. The average molecular weight is 552 g/mol. The average Bonchev–Trinajstić information content (AvgIpc) is 2.80. The zero-order chi connectivity index (χ0) is 22.1. The normalized spacial score (nSPS) is 13.8. The summed E-state index contributed by atoms with van der Waals surface area (Å²) in [5.74, 6) is 2.96. The first-order chi connectivity index (χ1) is 15.1. The van der Waals surface area contributed by atoms with Gasteiger partial charge in [0, 0.05) is 25.7 Å². The highest BCUT2D eigenvalue weighted by molar-refractivity contribution is 14.0. The fourth-order valence-electron chi connectivity index (χ4n) is 3.51. The van der Waals surface area contributed by atoms with Crippen molar-refractivity contribution in [1.82, 2.24) is 10.6 Å². The first-order valence-electron chi connectivity index (χ1n) is 10.7. The lowest BCUT2D eigenvalue weighted by Crippen LogP contribution is -2.39. The Hall–Kier alpha value is -2.49. The van der Waals surface area contributed by atoms with Gasteiger partial charge in [0.1, 0.15) is 18.1 Å². The molecule has 0 radical (unpaired) electrons. The highest BCUT2D eigenvalue weighted by Crippen LogP contribution is 2.26. The van der Waals surface area contributed by atoms with Crippen LogP contribution in [0.4, 0.5) is 5.69 Å². The predicted octanol–water partition coefficient (Wildman–Crippen LogP) is 3.94. The van der Waals surface area contributed by atoms with Gasteiger partial charge in [-0.05, 0) is 60.2 Å². The van der Waals surface area contributed by atoms with Crippen molar-refractivity contribution in [3.63, 3.8) is 0 Å². The zero-order valence-corrected chi connectivity index (χ0v) is 21.3. The standard InChI is InChI=1S/C24H32N4O3.HI/c1-17(18-4-7-20(30-3)8-5-18)12-13-26-24(25-2)27-14-15-31-21-9-10-22-19(16-21)6-11-23(29)28-22;/h4-5,7-10,16-17H,6,11-15H2,1-3H3,(H,28,29)(H2,25,26,27);1H. The van der Waals surface area contributed by atoms with Crippen LogP contribution in [0, 0.1) is 0 Å². The Bertz CT molecular complexity index is 903. The Morgan fingerprint density at radius 2 is 1.81 bits per heavy atom. The van der Waals surface area contributed by atoms with Gasteiger partial charge in [-0.1, -0.05) is 19.1 Å². The van der Waals surface area contributed by atoms with Gasteiger partial charge in [0.05, 0.1) is 13.7 Å². The Kier molecular flexibility index (Phi) is 10.6. The number of amides is 1. The number of nitrogens with zero attached hydrogens (tertiary/aromatic N) is 1. The lowest BCUT2D eigenvalue weighted by atomic mass is 9.98. The number of nitrogens with one attached hydrogen (secondary N) is 3. The highest BCUT2D eigenvalue weighted by atomic mass is 127. The Balaban J connectivity index is 0.00000363. The van der Waals surface area contributed by atoms with Crippen molar-refractivity contribution in [3.05, 3.63) is 53.6 Å². The Morgan fingerprint density at radius 1 is 1.09 bits per heavy atom. The highest BCUT2D eigenvalue weighted by Gasteiger charge is 2.15. The fraction of sp³-hybridized carbons (Fsp3) is 0.417. The van der Waals surface area contributed by atoms with E-state index in [1.165, 1.54) is 5.56 Å². The number of carbonyl (C=O) groups is 1. The van der Waals surface area contributed by atoms with Gasteiger partial charge in [-0.25, -0.2) is 0 Å². The molecule has 1 atom stereocenters. The van der Waals surface area contributed by atoms with E-state index in [9.17, 15) is 4.79 Å². The second-order valence-corrected chi connectivity index (χ2v) is 7.60. The number of rotatable bonds is 9. The van der Waals surface area contributed by atoms with Crippen molar-refractivity contribution >= 4 is 41.5 Å². The molecule has 3 N–H and O–H groups in total. The molecule has 0 saturated carbocycles. The number of halogens is 1. The van der Waals surface area contributed by atoms with E-state index in [0.717, 1.165) is 48.1 Å². The summed E-state index contributed by atoms with van der Waals surface area (Å²) in [5, 5.41) is 9.51. The third-order valence-electron chi connectivity index (χ3n) is 5.41. The first kappa shape index (κ1) is 25.8. The number of methoxy groups -OCH3 is 1. The number of anilines is 1. The van der Waals surface area contributed by atoms with Crippen molar-refractivity contribution in [2.24, 2.45) is 4.99 Å². The molecular weight excluding hydrogens is 519 g/mol. The smallest absolute Gasteiger partial charge is 0.224 e. The zero-order valence-electron chi connectivity index (χ0n) is 18.9. The number of ether oxygens (including phenoxy) is 2. The number of hydrogen-bond donors (Lipinski definition) is 3. The summed E-state index contributed by atoms with van der Waals surface area (Å²) in [7, 11) is 3.44. The molecule has 1 heterocycles. The molecule has 32 heavy (non-hydrogen) atoms. The lowest BCUT2D eigenvalue weighted by molar-refractivity contribution is -0.116. The predicted molar refractivity (Wildman–Crippen MR) is 140 cm³/mol. The molecule has 1 aliphatic rings. The minimum atomic E-state index is 0. The molecule has 2 aromatic rings. The number of guanidine groups is 1. The molecule has 0 aromatic heterocycles. The summed E-state index contributed by atoms with van der Waals surface area (Å²) in [6.07, 6.45) is 2.27. The monoisotopic (exact) mass is 552 g/mol. The SMILES string of the molecule is CN=C(NCCOc1ccc2c(c1)CCC(=O)N2)NCCC(C)c1ccc(OC)cc1.I. The largest absolute Gasteiger partial charge is 0.497 e. The molecule has 0 spiro atoms. The summed E-state index contributed by atoms with van der Waals surface area (Å²) >= 11 is 0. The van der Waals surface area contributed by atoms with E-state index >= 15 is 0 Å². The van der Waals surface area contributed by atoms with Gasteiger partial charge in [-0.2, -0.15) is 0 Å². The maximum atomic E-state index is 11.4. The van der Waals surface area contributed by atoms with Crippen molar-refractivity contribution in [1.29, 1.82) is 0 Å². The minimum absolute atomic E-state index is 0. The molecular formula is C24H33IN4O3. The quantitative estimate of drug-likeness (QED) is 0.190. The number of carbonyl (C=O) groups excluding carboxylic acids is 1. The number of fused-ring (bicyclic) bond motifs is 1. The first-order valence-corrected chi connectivity index (χ1v) is 10.7. The van der Waals surface area contributed by atoms with Gasteiger partial charge in [0.15, 0.2) is 5.96 Å². The molecule has 7 nitrogen and oxygen atoms in total. The molecule has 0 bridgehead atoms. The number of aliphatic imine (C=N–C) groups is 1. The van der Waals surface area contributed by atoms with Gasteiger partial charge in [-0.3, -0.25) is 9.79 Å². The molecule has 0 saturated heterocycles. The molecule has 8 heteroatoms. The van der Waals surface area contributed by atoms with Crippen molar-refractivity contribution in [2.45, 2.75) is 32.1 Å². The topological polar surface area (TPSA) is 84.0 Å². The van der Waals surface area contributed by atoms with Crippen LogP contribution in [0.1, 0.15) is 36.8 Å². The molecule has 0 fully saturated rings. The third-order valence-corrected chi connectivity index (χ3v) is 5.41. The summed E-state index contributed by atoms with van der Waals surface area (Å²) in [6, 6.07) is 14.0. The molecule has 3 rings (SSSR count). The van der Waals surface area contributed by atoms with E-state index < -0.39 is 0 Å². The van der Waals surface area contributed by atoms with Crippen molar-refractivity contribution in [3.8, 4) is 11.5 Å². The Labute approximate surface area is 207 Å². The van der Waals surface area contributed by atoms with E-state index in [0.29, 0.717) is 25.5 Å². The lowest BCUT2D eigenvalue weighted by Gasteiger charge is -2.18. The fourth-order valence-corrected chi connectivity index (χ4v) is 3.51. The summed E-state index contributed by atoms with van der Waals surface area (Å²) in [6.45, 7) is 4.21. The van der Waals surface area contributed by atoms with Gasteiger partial charge >= 0.3 is 0 Å². The summed E-state index contributed by atoms with van der Waals surface area (Å²) in [4.78, 5) is 15.7. The molecule has 174 valence electrons. The van der Waals surface area contributed by atoms with Gasteiger partial charge in [0.2, 0.25) is 5.91 Å². The van der Waals surface area contributed by atoms with Gasteiger partial charge < -0.3 is 25.4 Å². The molecule has 1 aliphatic heterocycles. The van der Waals surface area contributed by atoms with Crippen LogP contribution in [-0.2, 0) is 11.2 Å². The molecule has 2 aromatic carbocycles. The van der Waals surface area contributed by atoms with Crippen LogP contribution in [0.15, 0.2) is 47.5 Å². The second kappa shape index (κ2) is 13.1. The molecule has 1 amide bonds. The summed E-state index contributed by atoms with van der Waals surface area (Å²) < 4.78 is 11.1. The van der Waals surface area contributed by atoms with E-state index in [2.05, 4.69) is 40.0 Å². The summed E-state index contributed by atoms with van der Waals surface area (Å²) in [5.41, 5.74) is 3.30. The van der Waals surface area contributed by atoms with Gasteiger partial charge in [-0.15, -0.1) is 24.0 Å². The second-order valence-electron chi connectivity index (χ2n) is 7.60. The van der Waals surface area contributed by atoms with Crippen molar-refractivity contribution in [2.75, 3.05) is 39.2 Å². The molecule has 1 unspecified atom stereocenters. The third kappa shape index (κ3) is 7.58. The Morgan fingerprint density at radius 3 is 2.53 bits per heavy atom. The van der Waals surface area contributed by atoms with Crippen LogP contribution in [0.3, 0.4) is 0 Å². The minimum Gasteiger partial charge on any atom is -0.497 e. The van der Waals surface area contributed by atoms with Crippen LogP contribution >= 0.6 is 24.0 Å². The maximum Gasteiger partial charge on any atom is 0.224 e. The van der Waals surface area contributed by atoms with Crippen LogP contribution in [0.25, 0.3) is 0 Å². The van der Waals surface area contributed by atoms with E-state index in [-0.39, 0.29) is 29.9 Å². The van der Waals surface area contributed by atoms with Crippen LogP contribution < -0.4 is 25.4 Å². The maximum absolute atomic E-state index is 11.4. The van der Waals surface area contributed by atoms with E-state index in [4.69, 9.17) is 9.47 Å². The molecule has 0 aliphatic carbocycles. The van der Waals surface area contributed by atoms with E-state index in [1.54, 1.807) is 14.2 Å². The van der Waals surface area contributed by atoms with Crippen LogP contribution in [0.5, 0.6) is 11.5 Å². The van der Waals surface area contributed by atoms with Crippen LogP contribution in [-0.4, -0.2) is 45.7 Å². The van der Waals surface area contributed by atoms with Gasteiger partial charge in [0.25, 0.3) is 0 Å². The number of aryl methyl sites for hydroxylation is 1. The van der Waals surface area contributed by atoms with Crippen molar-refractivity contribution < 1.29 is 14.3 Å². The number of benzene rings is 2.